The highest BCUT2D eigenvalue weighted by atomic mass is 79.9. The first-order valence-electron chi connectivity index (χ1n) is 6.51. The number of likely N-dealkylation sites (tertiary alicyclic amines) is 1. The summed E-state index contributed by atoms with van der Waals surface area (Å²) in [5, 5.41) is 9.57. The van der Waals surface area contributed by atoms with Gasteiger partial charge in [0.15, 0.2) is 0 Å². The molecule has 20 heavy (non-hydrogen) atoms. The van der Waals surface area contributed by atoms with Gasteiger partial charge in [-0.25, -0.2) is 0 Å². The molecule has 1 aliphatic rings. The molecule has 6 heteroatoms. The zero-order valence-corrected chi connectivity index (χ0v) is 13.8. The summed E-state index contributed by atoms with van der Waals surface area (Å²) in [5.41, 5.74) is 6.94. The zero-order chi connectivity index (χ0) is 14.0. The van der Waals surface area contributed by atoms with Gasteiger partial charge in [-0.15, -0.1) is 12.4 Å². The van der Waals surface area contributed by atoms with Gasteiger partial charge in [0, 0.05) is 23.2 Å². The highest BCUT2D eigenvalue weighted by Crippen LogP contribution is 2.24. The van der Waals surface area contributed by atoms with Crippen LogP contribution < -0.4 is 5.73 Å². The summed E-state index contributed by atoms with van der Waals surface area (Å²) in [6.45, 7) is 3.18. The van der Waals surface area contributed by atoms with E-state index in [1.54, 1.807) is 12.1 Å². The number of nitrogens with zero attached hydrogens (tertiary/aromatic N) is 1. The van der Waals surface area contributed by atoms with Crippen LogP contribution in [-0.2, 0) is 0 Å². The number of aliphatic hydroxyl groups excluding tert-OH is 1. The van der Waals surface area contributed by atoms with E-state index in [4.69, 9.17) is 5.73 Å². The number of carbonyl (C=O) groups is 1. The van der Waals surface area contributed by atoms with Crippen LogP contribution in [0.5, 0.6) is 0 Å². The number of hydrogen-bond donors (Lipinski definition) is 2. The third-order valence-corrected chi connectivity index (χ3v) is 4.25. The third-order valence-electron chi connectivity index (χ3n) is 3.75. The van der Waals surface area contributed by atoms with Gasteiger partial charge in [-0.1, -0.05) is 15.9 Å². The minimum absolute atomic E-state index is 0. The molecule has 2 rings (SSSR count). The second-order valence-electron chi connectivity index (χ2n) is 5.10. The molecule has 112 valence electrons. The van der Waals surface area contributed by atoms with Crippen molar-refractivity contribution in [3.63, 3.8) is 0 Å². The summed E-state index contributed by atoms with van der Waals surface area (Å²) in [7, 11) is 0. The van der Waals surface area contributed by atoms with Gasteiger partial charge >= 0.3 is 0 Å². The number of nitrogen functional groups attached to an aromatic ring is 1. The molecule has 1 aromatic rings. The summed E-state index contributed by atoms with van der Waals surface area (Å²) in [4.78, 5) is 14.2. The highest BCUT2D eigenvalue weighted by Gasteiger charge is 2.26. The Balaban J connectivity index is 0.00000200. The predicted molar refractivity (Wildman–Crippen MR) is 86.1 cm³/mol. The molecule has 4 nitrogen and oxygen atoms in total. The van der Waals surface area contributed by atoms with Crippen molar-refractivity contribution in [3.05, 3.63) is 28.2 Å². The van der Waals surface area contributed by atoms with E-state index in [2.05, 4.69) is 15.9 Å². The lowest BCUT2D eigenvalue weighted by Crippen LogP contribution is -2.40. The normalized spacial score (nSPS) is 17.4. The van der Waals surface area contributed by atoms with Gasteiger partial charge in [0.05, 0.1) is 11.7 Å². The fourth-order valence-electron chi connectivity index (χ4n) is 2.48. The molecule has 0 saturated carbocycles. The fourth-order valence-corrected chi connectivity index (χ4v) is 2.86. The molecule has 1 unspecified atom stereocenters. The summed E-state index contributed by atoms with van der Waals surface area (Å²) < 4.78 is 0.870. The smallest absolute Gasteiger partial charge is 0.255 e. The summed E-state index contributed by atoms with van der Waals surface area (Å²) in [6, 6.07) is 5.32. The third kappa shape index (κ3) is 3.87. The number of nitrogens with two attached hydrogens (primary N) is 1. The lowest BCUT2D eigenvalue weighted by atomic mass is 9.92. The van der Waals surface area contributed by atoms with Crippen molar-refractivity contribution in [1.82, 2.24) is 4.90 Å². The predicted octanol–water partition coefficient (Wildman–Crippen LogP) is 2.69. The molecule has 1 aromatic carbocycles. The Bertz CT molecular complexity index is 474. The lowest BCUT2D eigenvalue weighted by Gasteiger charge is -2.33. The van der Waals surface area contributed by atoms with E-state index in [1.807, 2.05) is 17.9 Å². The maximum Gasteiger partial charge on any atom is 0.255 e. The molecule has 1 amide bonds. The lowest BCUT2D eigenvalue weighted by molar-refractivity contribution is 0.0522. The molecule has 0 aromatic heterocycles. The molecule has 1 atom stereocenters. The quantitative estimate of drug-likeness (QED) is 0.794. The van der Waals surface area contributed by atoms with Gasteiger partial charge < -0.3 is 15.7 Å². The molecule has 1 heterocycles. The van der Waals surface area contributed by atoms with E-state index in [0.717, 1.165) is 17.3 Å². The number of piperidine rings is 1. The average molecular weight is 364 g/mol. The number of hydrogen-bond acceptors (Lipinski definition) is 3. The monoisotopic (exact) mass is 362 g/mol. The largest absolute Gasteiger partial charge is 0.398 e. The van der Waals surface area contributed by atoms with Gasteiger partial charge in [-0.2, -0.15) is 0 Å². The number of anilines is 1. The van der Waals surface area contributed by atoms with E-state index in [1.165, 1.54) is 0 Å². The highest BCUT2D eigenvalue weighted by molar-refractivity contribution is 9.10. The summed E-state index contributed by atoms with van der Waals surface area (Å²) in [5.74, 6) is 0.278. The van der Waals surface area contributed by atoms with Crippen LogP contribution in [0.3, 0.4) is 0 Å². The first-order valence-corrected chi connectivity index (χ1v) is 7.30. The van der Waals surface area contributed by atoms with E-state index in [0.29, 0.717) is 30.3 Å². The van der Waals surface area contributed by atoms with Gasteiger partial charge in [-0.05, 0) is 43.9 Å². The van der Waals surface area contributed by atoms with Crippen molar-refractivity contribution < 1.29 is 9.90 Å². The minimum Gasteiger partial charge on any atom is -0.398 e. The van der Waals surface area contributed by atoms with Crippen LogP contribution in [0, 0.1) is 5.92 Å². The van der Waals surface area contributed by atoms with Crippen molar-refractivity contribution in [3.8, 4) is 0 Å². The van der Waals surface area contributed by atoms with Crippen LogP contribution in [-0.4, -0.2) is 35.1 Å². The maximum absolute atomic E-state index is 12.4. The van der Waals surface area contributed by atoms with E-state index >= 15 is 0 Å². The van der Waals surface area contributed by atoms with Gasteiger partial charge in [0.2, 0.25) is 0 Å². The number of amides is 1. The van der Waals surface area contributed by atoms with Crippen molar-refractivity contribution in [2.75, 3.05) is 18.8 Å². The molecular formula is C14H20BrClN2O2. The van der Waals surface area contributed by atoms with Crippen LogP contribution in [0.15, 0.2) is 22.7 Å². The average Bonchev–Trinajstić information content (AvgIpc) is 2.38. The molecule has 1 fully saturated rings. The number of aliphatic hydroxyl groups is 1. The second-order valence-corrected chi connectivity index (χ2v) is 6.02. The summed E-state index contributed by atoms with van der Waals surface area (Å²) in [6.07, 6.45) is 1.40. The Kier molecular flexibility index (Phi) is 6.30. The molecule has 0 bridgehead atoms. The maximum atomic E-state index is 12.4. The second kappa shape index (κ2) is 7.29. The van der Waals surface area contributed by atoms with Gasteiger partial charge in [-0.3, -0.25) is 4.79 Å². The Labute approximate surface area is 133 Å². The Hall–Kier alpha value is -0.780. The number of rotatable bonds is 2. The van der Waals surface area contributed by atoms with Gasteiger partial charge in [0.1, 0.15) is 0 Å². The number of benzene rings is 1. The van der Waals surface area contributed by atoms with Crippen LogP contribution in [0.25, 0.3) is 0 Å². The van der Waals surface area contributed by atoms with Crippen LogP contribution in [0.1, 0.15) is 30.1 Å². The first-order chi connectivity index (χ1) is 8.99. The minimum atomic E-state index is -0.296. The van der Waals surface area contributed by atoms with Crippen LogP contribution in [0.2, 0.25) is 0 Å². The van der Waals surface area contributed by atoms with Crippen molar-refractivity contribution in [2.45, 2.75) is 25.9 Å². The SMILES string of the molecule is CC(O)C1CCN(C(=O)c2ccc(Br)cc2N)CC1.Cl. The Morgan fingerprint density at radius 2 is 2.05 bits per heavy atom. The molecule has 3 N–H and O–H groups in total. The van der Waals surface area contributed by atoms with E-state index < -0.39 is 0 Å². The van der Waals surface area contributed by atoms with Crippen molar-refractivity contribution in [2.24, 2.45) is 5.92 Å². The standard InChI is InChI=1S/C14H19BrN2O2.ClH/c1-9(18)10-4-6-17(7-5-10)14(19)12-3-2-11(15)8-13(12)16;/h2-3,8-10,18H,4-7,16H2,1H3;1H. The summed E-state index contributed by atoms with van der Waals surface area (Å²) >= 11 is 3.33. The molecule has 0 aliphatic carbocycles. The van der Waals surface area contributed by atoms with Gasteiger partial charge in [0.25, 0.3) is 5.91 Å². The molecule has 0 radical (unpaired) electrons. The first kappa shape index (κ1) is 17.3. The van der Waals surface area contributed by atoms with Crippen molar-refractivity contribution in [1.29, 1.82) is 0 Å². The number of halogens is 2. The topological polar surface area (TPSA) is 66.6 Å². The molecule has 1 aliphatic heterocycles. The van der Waals surface area contributed by atoms with E-state index in [9.17, 15) is 9.90 Å². The van der Waals surface area contributed by atoms with Crippen LogP contribution >= 0.6 is 28.3 Å². The van der Waals surface area contributed by atoms with Crippen LogP contribution in [0.4, 0.5) is 5.69 Å². The van der Waals surface area contributed by atoms with Crippen molar-refractivity contribution >= 4 is 39.9 Å². The van der Waals surface area contributed by atoms with E-state index in [-0.39, 0.29) is 24.4 Å². The number of carbonyl (C=O) groups excluding carboxylic acids is 1. The fraction of sp³-hybridized carbons (Fsp3) is 0.500. The molecular weight excluding hydrogens is 344 g/mol. The molecule has 0 spiro atoms. The molecule has 1 saturated heterocycles. The zero-order valence-electron chi connectivity index (χ0n) is 11.4. The Morgan fingerprint density at radius 3 is 2.55 bits per heavy atom. The Morgan fingerprint density at radius 1 is 1.45 bits per heavy atom.